The number of aromatic nitrogens is 4. The number of benzene rings is 1. The SMILES string of the molecule is CC(=O)c1ccc(N2CCN(c3ccc4c(-c5ccn(C)n5)cn(C5CCCCC5)c4n3)CC2)cc1. The van der Waals surface area contributed by atoms with Crippen LogP contribution in [0, 0.1) is 0 Å². The third-order valence-corrected chi connectivity index (χ3v) is 7.86. The molecule has 7 nitrogen and oxygen atoms in total. The molecule has 7 heteroatoms. The van der Waals surface area contributed by atoms with Crippen molar-refractivity contribution in [2.75, 3.05) is 36.0 Å². The van der Waals surface area contributed by atoms with Crippen LogP contribution in [-0.2, 0) is 7.05 Å². The van der Waals surface area contributed by atoms with Crippen LogP contribution in [-0.4, -0.2) is 51.3 Å². The largest absolute Gasteiger partial charge is 0.368 e. The summed E-state index contributed by atoms with van der Waals surface area (Å²) in [7, 11) is 1.97. The maximum atomic E-state index is 11.6. The van der Waals surface area contributed by atoms with Crippen molar-refractivity contribution < 1.29 is 4.79 Å². The molecule has 1 aromatic carbocycles. The van der Waals surface area contributed by atoms with Crippen LogP contribution in [0.3, 0.4) is 0 Å². The second-order valence-electron chi connectivity index (χ2n) is 10.2. The number of hydrogen-bond acceptors (Lipinski definition) is 5. The summed E-state index contributed by atoms with van der Waals surface area (Å²) in [6, 6.07) is 15.0. The zero-order valence-electron chi connectivity index (χ0n) is 21.2. The number of rotatable bonds is 5. The second kappa shape index (κ2) is 9.45. The highest BCUT2D eigenvalue weighted by molar-refractivity contribution is 5.95. The van der Waals surface area contributed by atoms with Gasteiger partial charge in [0.1, 0.15) is 11.5 Å². The molecule has 0 spiro atoms. The molecule has 1 aliphatic carbocycles. The summed E-state index contributed by atoms with van der Waals surface area (Å²) in [5.74, 6) is 1.16. The molecule has 1 aliphatic heterocycles. The molecule has 0 N–H and O–H groups in total. The molecule has 0 amide bonds. The van der Waals surface area contributed by atoms with E-state index < -0.39 is 0 Å². The van der Waals surface area contributed by atoms with Crippen molar-refractivity contribution in [3.8, 4) is 11.3 Å². The van der Waals surface area contributed by atoms with E-state index in [1.54, 1.807) is 6.92 Å². The maximum absolute atomic E-state index is 11.6. The molecule has 4 heterocycles. The molecule has 0 radical (unpaired) electrons. The minimum absolute atomic E-state index is 0.108. The number of fused-ring (bicyclic) bond motifs is 1. The number of nitrogens with zero attached hydrogens (tertiary/aromatic N) is 6. The lowest BCUT2D eigenvalue weighted by atomic mass is 9.95. The Hall–Kier alpha value is -3.61. The lowest BCUT2D eigenvalue weighted by Crippen LogP contribution is -2.46. The first kappa shape index (κ1) is 22.8. The molecule has 0 unspecified atom stereocenters. The van der Waals surface area contributed by atoms with Gasteiger partial charge in [-0.25, -0.2) is 4.98 Å². The number of piperazine rings is 1. The highest BCUT2D eigenvalue weighted by Gasteiger charge is 2.24. The Morgan fingerprint density at radius 3 is 2.28 bits per heavy atom. The van der Waals surface area contributed by atoms with Crippen molar-refractivity contribution >= 4 is 28.3 Å². The number of pyridine rings is 1. The number of Topliss-reactive ketones (excluding diaryl/α,β-unsaturated/α-hetero) is 1. The normalized spacial score (nSPS) is 17.2. The zero-order valence-corrected chi connectivity index (χ0v) is 21.2. The molecule has 1 saturated carbocycles. The zero-order chi connectivity index (χ0) is 24.6. The lowest BCUT2D eigenvalue weighted by Gasteiger charge is -2.37. The summed E-state index contributed by atoms with van der Waals surface area (Å²) < 4.78 is 4.31. The summed E-state index contributed by atoms with van der Waals surface area (Å²) in [6.45, 7) is 5.32. The third kappa shape index (κ3) is 4.27. The quantitative estimate of drug-likeness (QED) is 0.353. The van der Waals surface area contributed by atoms with E-state index in [1.807, 2.05) is 30.1 Å². The molecule has 0 bridgehead atoms. The Balaban J connectivity index is 1.27. The van der Waals surface area contributed by atoms with Gasteiger partial charge in [0, 0.05) is 73.9 Å². The summed E-state index contributed by atoms with van der Waals surface area (Å²) >= 11 is 0. The highest BCUT2D eigenvalue weighted by Crippen LogP contribution is 2.37. The Kier molecular flexibility index (Phi) is 5.99. The predicted octanol–water partition coefficient (Wildman–Crippen LogP) is 5.47. The summed E-state index contributed by atoms with van der Waals surface area (Å²) in [5, 5.41) is 5.88. The molecule has 2 fully saturated rings. The van der Waals surface area contributed by atoms with Gasteiger partial charge in [-0.05, 0) is 62.2 Å². The number of anilines is 2. The molecule has 4 aromatic rings. The van der Waals surface area contributed by atoms with Crippen molar-refractivity contribution in [3.05, 3.63) is 60.4 Å². The number of aryl methyl sites for hydroxylation is 1. The maximum Gasteiger partial charge on any atom is 0.159 e. The van der Waals surface area contributed by atoms with Gasteiger partial charge in [-0.15, -0.1) is 0 Å². The molecule has 36 heavy (non-hydrogen) atoms. The van der Waals surface area contributed by atoms with E-state index in [9.17, 15) is 4.79 Å². The summed E-state index contributed by atoms with van der Waals surface area (Å²) in [6.07, 6.45) is 10.7. The van der Waals surface area contributed by atoms with E-state index >= 15 is 0 Å². The molecule has 186 valence electrons. The van der Waals surface area contributed by atoms with Gasteiger partial charge in [0.05, 0.1) is 5.69 Å². The number of hydrogen-bond donors (Lipinski definition) is 0. The van der Waals surface area contributed by atoms with E-state index in [0.29, 0.717) is 6.04 Å². The van der Waals surface area contributed by atoms with Gasteiger partial charge in [-0.2, -0.15) is 5.10 Å². The second-order valence-corrected chi connectivity index (χ2v) is 10.2. The van der Waals surface area contributed by atoms with Crippen molar-refractivity contribution in [1.82, 2.24) is 19.3 Å². The van der Waals surface area contributed by atoms with Crippen molar-refractivity contribution in [1.29, 1.82) is 0 Å². The van der Waals surface area contributed by atoms with Gasteiger partial charge < -0.3 is 14.4 Å². The van der Waals surface area contributed by atoms with Crippen molar-refractivity contribution in [2.45, 2.75) is 45.1 Å². The van der Waals surface area contributed by atoms with E-state index in [2.05, 4.69) is 50.9 Å². The van der Waals surface area contributed by atoms with Crippen LogP contribution >= 0.6 is 0 Å². The van der Waals surface area contributed by atoms with Gasteiger partial charge in [-0.3, -0.25) is 9.48 Å². The Morgan fingerprint density at radius 1 is 0.889 bits per heavy atom. The standard InChI is InChI=1S/C29H34N6O/c1-21(36)22-8-10-23(11-9-22)33-16-18-34(19-17-33)28-13-12-25-26(27-14-15-32(2)31-27)20-35(29(25)30-28)24-6-4-3-5-7-24/h8-15,20,24H,3-7,16-19H2,1-2H3. The highest BCUT2D eigenvalue weighted by atomic mass is 16.1. The van der Waals surface area contributed by atoms with Gasteiger partial charge >= 0.3 is 0 Å². The molecular weight excluding hydrogens is 448 g/mol. The third-order valence-electron chi connectivity index (χ3n) is 7.86. The average molecular weight is 483 g/mol. The average Bonchev–Trinajstić information content (AvgIpc) is 3.52. The van der Waals surface area contributed by atoms with E-state index in [4.69, 9.17) is 10.1 Å². The van der Waals surface area contributed by atoms with Crippen LogP contribution < -0.4 is 9.80 Å². The predicted molar refractivity (Wildman–Crippen MR) is 145 cm³/mol. The Labute approximate surface area is 212 Å². The fraction of sp³-hybridized carbons (Fsp3) is 0.414. The van der Waals surface area contributed by atoms with E-state index in [1.165, 1.54) is 48.7 Å². The van der Waals surface area contributed by atoms with E-state index in [-0.39, 0.29) is 5.78 Å². The van der Waals surface area contributed by atoms with Crippen LogP contribution in [0.5, 0.6) is 0 Å². The number of carbonyl (C=O) groups excluding carboxylic acids is 1. The number of ketones is 1. The van der Waals surface area contributed by atoms with Gasteiger partial charge in [0.25, 0.3) is 0 Å². The Bertz CT molecular complexity index is 1370. The first-order chi connectivity index (χ1) is 17.6. The lowest BCUT2D eigenvalue weighted by molar-refractivity contribution is 0.101. The number of carbonyl (C=O) groups is 1. The molecule has 6 rings (SSSR count). The smallest absolute Gasteiger partial charge is 0.159 e. The van der Waals surface area contributed by atoms with Crippen LogP contribution in [0.1, 0.15) is 55.4 Å². The molecule has 0 atom stereocenters. The minimum Gasteiger partial charge on any atom is -0.368 e. The van der Waals surface area contributed by atoms with Gasteiger partial charge in [0.2, 0.25) is 0 Å². The van der Waals surface area contributed by atoms with Crippen molar-refractivity contribution in [3.63, 3.8) is 0 Å². The van der Waals surface area contributed by atoms with Crippen molar-refractivity contribution in [2.24, 2.45) is 7.05 Å². The molecule has 3 aromatic heterocycles. The summed E-state index contributed by atoms with van der Waals surface area (Å²) in [4.78, 5) is 21.6. The Morgan fingerprint density at radius 2 is 1.61 bits per heavy atom. The molecule has 2 aliphatic rings. The topological polar surface area (TPSA) is 59.2 Å². The van der Waals surface area contributed by atoms with Gasteiger partial charge in [0.15, 0.2) is 5.78 Å². The van der Waals surface area contributed by atoms with E-state index in [0.717, 1.165) is 48.9 Å². The summed E-state index contributed by atoms with van der Waals surface area (Å²) in [5.41, 5.74) is 5.21. The van der Waals surface area contributed by atoms with Crippen LogP contribution in [0.2, 0.25) is 0 Å². The fourth-order valence-corrected chi connectivity index (χ4v) is 5.79. The molecular formula is C29H34N6O. The van der Waals surface area contributed by atoms with Crippen LogP contribution in [0.25, 0.3) is 22.3 Å². The van der Waals surface area contributed by atoms with Crippen LogP contribution in [0.15, 0.2) is 54.9 Å². The van der Waals surface area contributed by atoms with Gasteiger partial charge in [-0.1, -0.05) is 19.3 Å². The molecule has 1 saturated heterocycles. The first-order valence-corrected chi connectivity index (χ1v) is 13.2. The fourth-order valence-electron chi connectivity index (χ4n) is 5.79. The first-order valence-electron chi connectivity index (χ1n) is 13.2. The minimum atomic E-state index is 0.108. The monoisotopic (exact) mass is 482 g/mol. The van der Waals surface area contributed by atoms with Crippen LogP contribution in [0.4, 0.5) is 11.5 Å².